The quantitative estimate of drug-likeness (QED) is 0.0634. The fourth-order valence-corrected chi connectivity index (χ4v) is 7.29. The second-order valence-corrected chi connectivity index (χ2v) is 14.2. The first kappa shape index (κ1) is 38.4. The van der Waals surface area contributed by atoms with E-state index in [4.69, 9.17) is 14.2 Å². The summed E-state index contributed by atoms with van der Waals surface area (Å²) in [5.41, 5.74) is 0.857. The van der Waals surface area contributed by atoms with Gasteiger partial charge in [0.2, 0.25) is 0 Å². The second kappa shape index (κ2) is 21.8. The summed E-state index contributed by atoms with van der Waals surface area (Å²) < 4.78 is 17.6. The molecule has 45 heavy (non-hydrogen) atoms. The predicted octanol–water partition coefficient (Wildman–Crippen LogP) is 6.83. The van der Waals surface area contributed by atoms with Crippen LogP contribution in [0.25, 0.3) is 0 Å². The molecule has 262 valence electrons. The highest BCUT2D eigenvalue weighted by molar-refractivity contribution is 5.90. The molecule has 2 saturated heterocycles. The molecule has 2 fully saturated rings. The van der Waals surface area contributed by atoms with Crippen molar-refractivity contribution < 1.29 is 39.4 Å². The minimum Gasteiger partial charge on any atom is -0.455 e. The monoisotopic (exact) mass is 638 g/mol. The van der Waals surface area contributed by atoms with Crippen molar-refractivity contribution in [2.75, 3.05) is 0 Å². The van der Waals surface area contributed by atoms with Crippen LogP contribution in [0.5, 0.6) is 0 Å². The van der Waals surface area contributed by atoms with E-state index in [9.17, 15) is 25.2 Å². The zero-order valence-corrected chi connectivity index (χ0v) is 28.5. The highest BCUT2D eigenvalue weighted by Crippen LogP contribution is 2.34. The van der Waals surface area contributed by atoms with Crippen molar-refractivity contribution >= 4 is 5.97 Å². The first-order valence-corrected chi connectivity index (χ1v) is 18.7. The number of ether oxygens (including phenoxy) is 3. The van der Waals surface area contributed by atoms with Gasteiger partial charge in [0.25, 0.3) is 0 Å². The van der Waals surface area contributed by atoms with Crippen molar-refractivity contribution in [1.29, 1.82) is 0 Å². The Morgan fingerprint density at radius 1 is 0.644 bits per heavy atom. The van der Waals surface area contributed by atoms with Crippen LogP contribution in [0.4, 0.5) is 0 Å². The van der Waals surface area contributed by atoms with Gasteiger partial charge in [-0.3, -0.25) is 0 Å². The normalized spacial score (nSPS) is 27.8. The van der Waals surface area contributed by atoms with Gasteiger partial charge in [-0.2, -0.15) is 0 Å². The van der Waals surface area contributed by atoms with Crippen LogP contribution in [-0.2, 0) is 19.0 Å². The van der Waals surface area contributed by atoms with Gasteiger partial charge < -0.3 is 34.6 Å². The fraction of sp³-hybridized carbons (Fsp3) is 0.919. The molecule has 0 spiro atoms. The summed E-state index contributed by atoms with van der Waals surface area (Å²) in [4.78, 5) is 11.6. The molecule has 0 radical (unpaired) electrons. The molecule has 9 atom stereocenters. The van der Waals surface area contributed by atoms with E-state index in [1.54, 1.807) is 0 Å². The van der Waals surface area contributed by atoms with Crippen molar-refractivity contribution in [2.45, 2.75) is 216 Å². The van der Waals surface area contributed by atoms with Crippen molar-refractivity contribution in [3.8, 4) is 0 Å². The number of carbonyl (C=O) groups is 1. The maximum Gasteiger partial charge on any atom is 0.334 e. The zero-order chi connectivity index (χ0) is 32.4. The summed E-state index contributed by atoms with van der Waals surface area (Å²) in [6.45, 7) is 4.03. The van der Waals surface area contributed by atoms with E-state index in [2.05, 4.69) is 6.92 Å². The molecule has 0 aromatic rings. The van der Waals surface area contributed by atoms with Crippen molar-refractivity contribution in [2.24, 2.45) is 0 Å². The lowest BCUT2D eigenvalue weighted by atomic mass is 9.98. The molecular formula is C37H66O8. The number of unbranched alkanes of at least 4 members (excludes halogenated alkanes) is 11. The molecular weight excluding hydrogens is 572 g/mol. The van der Waals surface area contributed by atoms with E-state index in [0.717, 1.165) is 82.6 Å². The molecule has 4 N–H and O–H groups in total. The van der Waals surface area contributed by atoms with Crippen LogP contribution in [0.1, 0.15) is 162 Å². The summed E-state index contributed by atoms with van der Waals surface area (Å²) in [7, 11) is 0. The molecule has 3 rings (SSSR count). The average Bonchev–Trinajstić information content (AvgIpc) is 3.77. The first-order valence-electron chi connectivity index (χ1n) is 18.7. The van der Waals surface area contributed by atoms with Gasteiger partial charge in [0.1, 0.15) is 6.10 Å². The van der Waals surface area contributed by atoms with E-state index < -0.39 is 24.4 Å². The molecule has 0 saturated carbocycles. The Balaban J connectivity index is 1.14. The molecule has 0 bridgehead atoms. The average molecular weight is 639 g/mol. The zero-order valence-electron chi connectivity index (χ0n) is 28.5. The minimum absolute atomic E-state index is 0.0121. The van der Waals surface area contributed by atoms with Gasteiger partial charge in [0, 0.05) is 5.57 Å². The van der Waals surface area contributed by atoms with E-state index in [0.29, 0.717) is 25.7 Å². The second-order valence-electron chi connectivity index (χ2n) is 14.2. The van der Waals surface area contributed by atoms with Crippen LogP contribution in [0.3, 0.4) is 0 Å². The third-order valence-electron chi connectivity index (χ3n) is 10.2. The third-order valence-corrected chi connectivity index (χ3v) is 10.2. The molecule has 0 amide bonds. The largest absolute Gasteiger partial charge is 0.455 e. The van der Waals surface area contributed by atoms with Crippen LogP contribution >= 0.6 is 0 Å². The van der Waals surface area contributed by atoms with E-state index in [1.165, 1.54) is 44.9 Å². The maximum absolute atomic E-state index is 11.6. The number of aliphatic hydroxyl groups excluding tert-OH is 4. The van der Waals surface area contributed by atoms with Gasteiger partial charge in [0.05, 0.1) is 48.8 Å². The molecule has 3 aliphatic rings. The van der Waals surface area contributed by atoms with Crippen molar-refractivity contribution in [1.82, 2.24) is 0 Å². The Bertz CT molecular complexity index is 833. The van der Waals surface area contributed by atoms with Gasteiger partial charge >= 0.3 is 5.97 Å². The number of carbonyl (C=O) groups excluding carboxylic acids is 1. The molecule has 8 nitrogen and oxygen atoms in total. The van der Waals surface area contributed by atoms with Gasteiger partial charge in [-0.15, -0.1) is 0 Å². The van der Waals surface area contributed by atoms with Gasteiger partial charge in [-0.05, 0) is 83.6 Å². The molecule has 0 aliphatic carbocycles. The Morgan fingerprint density at radius 3 is 1.62 bits per heavy atom. The van der Waals surface area contributed by atoms with E-state index in [1.807, 2.05) is 13.0 Å². The van der Waals surface area contributed by atoms with Crippen molar-refractivity contribution in [3.05, 3.63) is 11.6 Å². The van der Waals surface area contributed by atoms with Gasteiger partial charge in [0.15, 0.2) is 0 Å². The van der Waals surface area contributed by atoms with E-state index in [-0.39, 0.29) is 36.5 Å². The lowest BCUT2D eigenvalue weighted by Crippen LogP contribution is -2.33. The highest BCUT2D eigenvalue weighted by Gasteiger charge is 2.40. The minimum atomic E-state index is -0.729. The molecule has 3 unspecified atom stereocenters. The smallest absolute Gasteiger partial charge is 0.334 e. The van der Waals surface area contributed by atoms with Crippen LogP contribution < -0.4 is 0 Å². The third kappa shape index (κ3) is 14.3. The Labute approximate surface area is 273 Å². The molecule has 3 aliphatic heterocycles. The van der Waals surface area contributed by atoms with Gasteiger partial charge in [-0.1, -0.05) is 84.0 Å². The number of esters is 1. The van der Waals surface area contributed by atoms with Crippen LogP contribution in [0.2, 0.25) is 0 Å². The molecule has 8 heteroatoms. The number of aliphatic hydroxyl groups is 4. The lowest BCUT2D eigenvalue weighted by molar-refractivity contribution is -0.139. The molecule has 0 aromatic heterocycles. The SMILES string of the molecule is CCCCCC(O)C(O)CCC[C@H](O)[C@H]1CC[C@@H]([C@@H]2CC[C@@H]([C@@H](O)CCCCCCCCCCCCC3=CC(C)OC3=O)O2)O1. The number of rotatable bonds is 25. The highest BCUT2D eigenvalue weighted by atomic mass is 16.6. The number of hydrogen-bond donors (Lipinski definition) is 4. The molecule has 3 heterocycles. The maximum atomic E-state index is 11.6. The number of cyclic esters (lactones) is 1. The Hall–Kier alpha value is -1.03. The summed E-state index contributed by atoms with van der Waals surface area (Å²) in [5.74, 6) is -0.129. The van der Waals surface area contributed by atoms with Crippen LogP contribution in [0, 0.1) is 0 Å². The lowest BCUT2D eigenvalue weighted by Gasteiger charge is -2.24. The first-order chi connectivity index (χ1) is 21.8. The summed E-state index contributed by atoms with van der Waals surface area (Å²) in [6.07, 6.45) is 21.5. The summed E-state index contributed by atoms with van der Waals surface area (Å²) in [6, 6.07) is 0. The predicted molar refractivity (Wildman–Crippen MR) is 177 cm³/mol. The van der Waals surface area contributed by atoms with Gasteiger partial charge in [-0.25, -0.2) is 4.79 Å². The van der Waals surface area contributed by atoms with Crippen molar-refractivity contribution in [3.63, 3.8) is 0 Å². The van der Waals surface area contributed by atoms with Crippen LogP contribution in [-0.4, -0.2) is 81.3 Å². The van der Waals surface area contributed by atoms with Crippen LogP contribution in [0.15, 0.2) is 11.6 Å². The molecule has 0 aromatic carbocycles. The summed E-state index contributed by atoms with van der Waals surface area (Å²) in [5, 5.41) is 41.8. The standard InChI is InChI=1S/C37H66O8/c1-3-4-13-18-29(38)30(39)20-16-21-32(41)34-23-25-36(45-34)35-24-22-33(44-35)31(40)19-15-12-10-8-6-5-7-9-11-14-17-28-26-27(2)43-37(28)42/h26-27,29-36,38-41H,3-25H2,1-2H3/t27?,29?,30?,31-,32-,33-,34+,35-,36-/m0/s1. The number of hydrogen-bond acceptors (Lipinski definition) is 8. The summed E-state index contributed by atoms with van der Waals surface area (Å²) >= 11 is 0. The van der Waals surface area contributed by atoms with E-state index >= 15 is 0 Å². The topological polar surface area (TPSA) is 126 Å². The fourth-order valence-electron chi connectivity index (χ4n) is 7.29. The Morgan fingerprint density at radius 2 is 1.11 bits per heavy atom. The Kier molecular flexibility index (Phi) is 18.6.